The van der Waals surface area contributed by atoms with E-state index < -0.39 is 0 Å². The number of hydrogen-bond acceptors (Lipinski definition) is 2. The molecule has 19 heavy (non-hydrogen) atoms. The van der Waals surface area contributed by atoms with E-state index in [1.54, 1.807) is 0 Å². The summed E-state index contributed by atoms with van der Waals surface area (Å²) in [5.41, 5.74) is 1.34. The number of benzene rings is 2. The molecular weight excluding hydrogens is 234 g/mol. The molecular formula is C17H19NO. The van der Waals surface area contributed by atoms with Crippen LogP contribution in [0.25, 0.3) is 0 Å². The second kappa shape index (κ2) is 5.89. The van der Waals surface area contributed by atoms with Crippen LogP contribution in [0.2, 0.25) is 0 Å². The number of hydrogen-bond donors (Lipinski definition) is 1. The highest BCUT2D eigenvalue weighted by molar-refractivity contribution is 5.34. The van der Waals surface area contributed by atoms with E-state index >= 15 is 0 Å². The molecule has 1 aliphatic heterocycles. The highest BCUT2D eigenvalue weighted by Crippen LogP contribution is 2.23. The molecule has 0 aliphatic carbocycles. The summed E-state index contributed by atoms with van der Waals surface area (Å²) in [5.74, 6) is 1.81. The SMILES string of the molecule is c1ccc(Oc2cccc(CC3CCCN3)c2)cc1. The Morgan fingerprint density at radius 1 is 1.00 bits per heavy atom. The maximum Gasteiger partial charge on any atom is 0.127 e. The van der Waals surface area contributed by atoms with Gasteiger partial charge >= 0.3 is 0 Å². The Balaban J connectivity index is 1.69. The third-order valence-electron chi connectivity index (χ3n) is 3.52. The fraction of sp³-hybridized carbons (Fsp3) is 0.294. The third kappa shape index (κ3) is 3.36. The van der Waals surface area contributed by atoms with Crippen LogP contribution in [-0.2, 0) is 6.42 Å². The molecule has 1 N–H and O–H groups in total. The lowest BCUT2D eigenvalue weighted by atomic mass is 10.0. The minimum Gasteiger partial charge on any atom is -0.457 e. The molecule has 3 rings (SSSR count). The molecule has 2 heteroatoms. The first kappa shape index (κ1) is 12.2. The molecule has 0 spiro atoms. The minimum absolute atomic E-state index is 0.631. The molecule has 2 aromatic rings. The molecule has 0 bridgehead atoms. The Labute approximate surface area is 114 Å². The molecule has 2 aromatic carbocycles. The quantitative estimate of drug-likeness (QED) is 0.895. The normalized spacial score (nSPS) is 18.4. The lowest BCUT2D eigenvalue weighted by Gasteiger charge is -2.11. The largest absolute Gasteiger partial charge is 0.457 e. The van der Waals surface area contributed by atoms with E-state index in [2.05, 4.69) is 23.5 Å². The lowest BCUT2D eigenvalue weighted by Crippen LogP contribution is -2.23. The van der Waals surface area contributed by atoms with Crippen molar-refractivity contribution >= 4 is 0 Å². The van der Waals surface area contributed by atoms with Gasteiger partial charge in [0.2, 0.25) is 0 Å². The van der Waals surface area contributed by atoms with E-state index in [9.17, 15) is 0 Å². The van der Waals surface area contributed by atoms with Gasteiger partial charge in [0.05, 0.1) is 0 Å². The van der Waals surface area contributed by atoms with Crippen LogP contribution in [0.15, 0.2) is 54.6 Å². The zero-order valence-corrected chi connectivity index (χ0v) is 11.0. The van der Waals surface area contributed by atoms with Crippen molar-refractivity contribution < 1.29 is 4.74 Å². The van der Waals surface area contributed by atoms with Gasteiger partial charge < -0.3 is 10.1 Å². The summed E-state index contributed by atoms with van der Waals surface area (Å²) in [6, 6.07) is 19.0. The van der Waals surface area contributed by atoms with Gasteiger partial charge in [-0.1, -0.05) is 30.3 Å². The second-order valence-corrected chi connectivity index (χ2v) is 5.06. The van der Waals surface area contributed by atoms with Crippen LogP contribution in [0.5, 0.6) is 11.5 Å². The molecule has 1 unspecified atom stereocenters. The summed E-state index contributed by atoms with van der Waals surface area (Å²) in [6.45, 7) is 1.16. The number of rotatable bonds is 4. The van der Waals surface area contributed by atoms with Crippen molar-refractivity contribution in [3.05, 3.63) is 60.2 Å². The fourth-order valence-corrected chi connectivity index (χ4v) is 2.58. The first-order valence-electron chi connectivity index (χ1n) is 6.95. The molecule has 0 radical (unpaired) electrons. The molecule has 1 aliphatic rings. The molecule has 1 fully saturated rings. The van der Waals surface area contributed by atoms with Crippen molar-refractivity contribution in [1.29, 1.82) is 0 Å². The summed E-state index contributed by atoms with van der Waals surface area (Å²) in [4.78, 5) is 0. The first-order chi connectivity index (χ1) is 9.40. The number of ether oxygens (including phenoxy) is 1. The van der Waals surface area contributed by atoms with Crippen molar-refractivity contribution in [2.24, 2.45) is 0 Å². The predicted molar refractivity (Wildman–Crippen MR) is 77.7 cm³/mol. The number of nitrogens with one attached hydrogen (secondary N) is 1. The smallest absolute Gasteiger partial charge is 0.127 e. The van der Waals surface area contributed by atoms with Gasteiger partial charge in [-0.05, 0) is 55.6 Å². The molecule has 1 atom stereocenters. The van der Waals surface area contributed by atoms with Crippen molar-refractivity contribution in [3.63, 3.8) is 0 Å². The van der Waals surface area contributed by atoms with E-state index in [-0.39, 0.29) is 0 Å². The van der Waals surface area contributed by atoms with Gasteiger partial charge in [0, 0.05) is 6.04 Å². The molecule has 0 aromatic heterocycles. The van der Waals surface area contributed by atoms with Crippen LogP contribution in [-0.4, -0.2) is 12.6 Å². The minimum atomic E-state index is 0.631. The maximum absolute atomic E-state index is 5.86. The first-order valence-corrected chi connectivity index (χ1v) is 6.95. The van der Waals surface area contributed by atoms with Crippen molar-refractivity contribution in [3.8, 4) is 11.5 Å². The van der Waals surface area contributed by atoms with Gasteiger partial charge in [-0.25, -0.2) is 0 Å². The van der Waals surface area contributed by atoms with Crippen molar-refractivity contribution in [1.82, 2.24) is 5.32 Å². The second-order valence-electron chi connectivity index (χ2n) is 5.06. The zero-order chi connectivity index (χ0) is 12.9. The van der Waals surface area contributed by atoms with Crippen LogP contribution in [0.3, 0.4) is 0 Å². The Bertz CT molecular complexity index is 518. The monoisotopic (exact) mass is 253 g/mol. The zero-order valence-electron chi connectivity index (χ0n) is 11.0. The van der Waals surface area contributed by atoms with Crippen LogP contribution in [0.1, 0.15) is 18.4 Å². The maximum atomic E-state index is 5.86. The Hall–Kier alpha value is -1.80. The van der Waals surface area contributed by atoms with Gasteiger partial charge in [-0.15, -0.1) is 0 Å². The van der Waals surface area contributed by atoms with Gasteiger partial charge in [-0.2, -0.15) is 0 Å². The van der Waals surface area contributed by atoms with E-state index in [4.69, 9.17) is 4.74 Å². The summed E-state index contributed by atoms with van der Waals surface area (Å²) in [7, 11) is 0. The molecule has 2 nitrogen and oxygen atoms in total. The fourth-order valence-electron chi connectivity index (χ4n) is 2.58. The predicted octanol–water partition coefficient (Wildman–Crippen LogP) is 3.77. The Kier molecular flexibility index (Phi) is 3.80. The Morgan fingerprint density at radius 3 is 2.63 bits per heavy atom. The molecule has 98 valence electrons. The number of para-hydroxylation sites is 1. The van der Waals surface area contributed by atoms with E-state index in [1.807, 2.05) is 36.4 Å². The molecule has 0 saturated carbocycles. The van der Waals surface area contributed by atoms with Crippen LogP contribution in [0.4, 0.5) is 0 Å². The summed E-state index contributed by atoms with van der Waals surface area (Å²) >= 11 is 0. The topological polar surface area (TPSA) is 21.3 Å². The molecule has 1 heterocycles. The van der Waals surface area contributed by atoms with Gasteiger partial charge in [-0.3, -0.25) is 0 Å². The average Bonchev–Trinajstić information content (AvgIpc) is 2.93. The van der Waals surface area contributed by atoms with Crippen LogP contribution < -0.4 is 10.1 Å². The highest BCUT2D eigenvalue weighted by Gasteiger charge is 2.14. The van der Waals surface area contributed by atoms with Crippen molar-refractivity contribution in [2.75, 3.05) is 6.54 Å². The lowest BCUT2D eigenvalue weighted by molar-refractivity contribution is 0.481. The molecule has 0 amide bonds. The highest BCUT2D eigenvalue weighted by atomic mass is 16.5. The van der Waals surface area contributed by atoms with Crippen LogP contribution >= 0.6 is 0 Å². The summed E-state index contributed by atoms with van der Waals surface area (Å²) < 4.78 is 5.86. The van der Waals surface area contributed by atoms with E-state index in [0.29, 0.717) is 6.04 Å². The summed E-state index contributed by atoms with van der Waals surface area (Å²) in [6.07, 6.45) is 3.67. The van der Waals surface area contributed by atoms with Gasteiger partial charge in [0.25, 0.3) is 0 Å². The summed E-state index contributed by atoms with van der Waals surface area (Å²) in [5, 5.41) is 3.53. The van der Waals surface area contributed by atoms with E-state index in [0.717, 1.165) is 24.5 Å². The Morgan fingerprint density at radius 2 is 1.84 bits per heavy atom. The average molecular weight is 253 g/mol. The van der Waals surface area contributed by atoms with E-state index in [1.165, 1.54) is 18.4 Å². The van der Waals surface area contributed by atoms with Gasteiger partial charge in [0.1, 0.15) is 11.5 Å². The standard InChI is InChI=1S/C17H19NO/c1-2-8-16(9-3-1)19-17-10-4-6-14(13-17)12-15-7-5-11-18-15/h1-4,6,8-10,13,15,18H,5,7,11-12H2. The third-order valence-corrected chi connectivity index (χ3v) is 3.52. The van der Waals surface area contributed by atoms with Crippen molar-refractivity contribution in [2.45, 2.75) is 25.3 Å². The van der Waals surface area contributed by atoms with Gasteiger partial charge in [0.15, 0.2) is 0 Å². The molecule has 1 saturated heterocycles. The van der Waals surface area contributed by atoms with Crippen LogP contribution in [0, 0.1) is 0 Å².